The third-order valence-electron chi connectivity index (χ3n) is 9.06. The van der Waals surface area contributed by atoms with Gasteiger partial charge in [-0.2, -0.15) is 0 Å². The van der Waals surface area contributed by atoms with Crippen molar-refractivity contribution in [3.63, 3.8) is 0 Å². The second kappa shape index (κ2) is 11.8. The molecule has 2 heterocycles. The summed E-state index contributed by atoms with van der Waals surface area (Å²) in [5.74, 6) is -1.66. The molecule has 0 saturated carbocycles. The van der Waals surface area contributed by atoms with Gasteiger partial charge in [0.25, 0.3) is 0 Å². The minimum Gasteiger partial charge on any atom is -0.466 e. The van der Waals surface area contributed by atoms with E-state index in [1.165, 1.54) is 21.3 Å². The predicted molar refractivity (Wildman–Crippen MR) is 187 cm³/mol. The Morgan fingerprint density at radius 2 is 1.30 bits per heavy atom. The molecule has 4 aromatic carbocycles. The number of benzene rings is 4. The number of carbonyl (C=O) groups is 3. The topological polar surface area (TPSA) is 82.1 Å². The Morgan fingerprint density at radius 3 is 1.89 bits per heavy atom. The van der Waals surface area contributed by atoms with Crippen LogP contribution in [-0.2, 0) is 29.2 Å². The lowest BCUT2D eigenvalue weighted by molar-refractivity contribution is -0.139. The molecule has 4 aromatic rings. The van der Waals surface area contributed by atoms with Gasteiger partial charge in [-0.15, -0.1) is 0 Å². The first-order valence-corrected chi connectivity index (χ1v) is 16.3. The number of esters is 3. The first-order valence-electron chi connectivity index (χ1n) is 14.7. The van der Waals surface area contributed by atoms with Gasteiger partial charge in [-0.25, -0.2) is 14.4 Å². The summed E-state index contributed by atoms with van der Waals surface area (Å²) in [6.45, 7) is 0. The molecule has 0 N–H and O–H groups in total. The Labute approximate surface area is 288 Å². The monoisotopic (exact) mass is 751 g/mol. The van der Waals surface area contributed by atoms with Crippen LogP contribution in [0.5, 0.6) is 0 Å². The van der Waals surface area contributed by atoms with Crippen molar-refractivity contribution in [1.82, 2.24) is 0 Å². The van der Waals surface area contributed by atoms with E-state index >= 15 is 0 Å². The van der Waals surface area contributed by atoms with Gasteiger partial charge in [-0.1, -0.05) is 92.6 Å². The van der Waals surface area contributed by atoms with E-state index in [9.17, 15) is 14.4 Å². The van der Waals surface area contributed by atoms with Gasteiger partial charge in [0, 0.05) is 20.2 Å². The standard InChI is InChI=1S/C38H27Br2NO6/c1-45-35(42)22-11-8-21(9-12-22)10-13-23-18-32-38(29-19-24(39)14-16-27(29)28-17-15-25(40)20-30(28)38)33(36(43)46-2)34(37(44)47-3)41(32)31-7-5-4-6-26(23)31/h4-20,32H,1-3H3/b13-10+. The lowest BCUT2D eigenvalue weighted by atomic mass is 9.67. The molecular formula is C38H27Br2NO6. The highest BCUT2D eigenvalue weighted by Gasteiger charge is 2.63. The van der Waals surface area contributed by atoms with E-state index < -0.39 is 29.4 Å². The molecule has 0 radical (unpaired) electrons. The maximum atomic E-state index is 14.1. The van der Waals surface area contributed by atoms with Crippen molar-refractivity contribution in [2.45, 2.75) is 11.5 Å². The van der Waals surface area contributed by atoms with Crippen LogP contribution in [0.3, 0.4) is 0 Å². The predicted octanol–water partition coefficient (Wildman–Crippen LogP) is 7.86. The highest BCUT2D eigenvalue weighted by atomic mass is 79.9. The van der Waals surface area contributed by atoms with E-state index in [0.29, 0.717) is 5.56 Å². The van der Waals surface area contributed by atoms with Crippen molar-refractivity contribution >= 4 is 67.1 Å². The summed E-state index contributed by atoms with van der Waals surface area (Å²) in [5, 5.41) is 0. The summed E-state index contributed by atoms with van der Waals surface area (Å²) < 4.78 is 17.4. The zero-order valence-corrected chi connectivity index (χ0v) is 28.7. The number of nitrogens with zero attached hydrogens (tertiary/aromatic N) is 1. The number of methoxy groups -OCH3 is 3. The van der Waals surface area contributed by atoms with Crippen molar-refractivity contribution in [2.24, 2.45) is 0 Å². The molecule has 2 aliphatic heterocycles. The fourth-order valence-electron chi connectivity index (χ4n) is 7.17. The number of fused-ring (bicyclic) bond motifs is 9. The van der Waals surface area contributed by atoms with Crippen LogP contribution in [0.15, 0.2) is 117 Å². The number of para-hydroxylation sites is 1. The molecule has 0 bridgehead atoms. The van der Waals surface area contributed by atoms with E-state index in [4.69, 9.17) is 14.2 Å². The number of anilines is 1. The van der Waals surface area contributed by atoms with Crippen LogP contribution in [0.25, 0.3) is 22.8 Å². The molecule has 1 aliphatic carbocycles. The number of hydrogen-bond acceptors (Lipinski definition) is 7. The Bertz CT molecular complexity index is 2040. The van der Waals surface area contributed by atoms with Gasteiger partial charge in [0.1, 0.15) is 5.70 Å². The van der Waals surface area contributed by atoms with Crippen molar-refractivity contribution in [1.29, 1.82) is 0 Å². The quantitative estimate of drug-likeness (QED) is 0.152. The molecule has 1 atom stereocenters. The second-order valence-electron chi connectivity index (χ2n) is 11.3. The largest absolute Gasteiger partial charge is 0.466 e. The van der Waals surface area contributed by atoms with Crippen LogP contribution >= 0.6 is 31.9 Å². The average Bonchev–Trinajstić information content (AvgIpc) is 3.56. The smallest absolute Gasteiger partial charge is 0.355 e. The second-order valence-corrected chi connectivity index (χ2v) is 13.1. The maximum absolute atomic E-state index is 14.1. The minimum atomic E-state index is -1.15. The van der Waals surface area contributed by atoms with Crippen molar-refractivity contribution < 1.29 is 28.6 Å². The Kier molecular flexibility index (Phi) is 7.77. The fourth-order valence-corrected chi connectivity index (χ4v) is 7.89. The molecular weight excluding hydrogens is 726 g/mol. The summed E-state index contributed by atoms with van der Waals surface area (Å²) in [5.41, 5.74) is 6.70. The van der Waals surface area contributed by atoms with Crippen molar-refractivity contribution in [3.05, 3.63) is 145 Å². The van der Waals surface area contributed by atoms with Gasteiger partial charge in [-0.3, -0.25) is 0 Å². The van der Waals surface area contributed by atoms with Gasteiger partial charge in [0.15, 0.2) is 0 Å². The molecule has 234 valence electrons. The Hall–Kier alpha value is -4.73. The van der Waals surface area contributed by atoms with E-state index in [1.807, 2.05) is 89.8 Å². The van der Waals surface area contributed by atoms with Crippen LogP contribution in [0.2, 0.25) is 0 Å². The number of halogens is 2. The summed E-state index contributed by atoms with van der Waals surface area (Å²) in [7, 11) is 4.00. The molecule has 7 nitrogen and oxygen atoms in total. The van der Waals surface area contributed by atoms with Crippen LogP contribution in [0, 0.1) is 0 Å². The number of allylic oxidation sites excluding steroid dienone is 2. The average molecular weight is 753 g/mol. The van der Waals surface area contributed by atoms with Crippen LogP contribution in [0.4, 0.5) is 5.69 Å². The van der Waals surface area contributed by atoms with Gasteiger partial charge >= 0.3 is 17.9 Å². The number of rotatable bonds is 5. The summed E-state index contributed by atoms with van der Waals surface area (Å²) in [6.07, 6.45) is 6.10. The van der Waals surface area contributed by atoms with Crippen molar-refractivity contribution in [3.8, 4) is 11.1 Å². The van der Waals surface area contributed by atoms with Gasteiger partial charge in [0.2, 0.25) is 0 Å². The maximum Gasteiger partial charge on any atom is 0.355 e. The van der Waals surface area contributed by atoms with Gasteiger partial charge in [0.05, 0.1) is 43.9 Å². The molecule has 1 unspecified atom stereocenters. The summed E-state index contributed by atoms with van der Waals surface area (Å²) in [4.78, 5) is 41.9. The SMILES string of the molecule is COC(=O)C1=C(C(=O)OC)C2(c3cc(Br)ccc3-c3ccc(Br)cc32)C2C=C(/C=C/c3ccc(C(=O)OC)cc3)c3ccccc3N12. The van der Waals surface area contributed by atoms with E-state index in [-0.39, 0.29) is 11.3 Å². The van der Waals surface area contributed by atoms with Crippen molar-refractivity contribution in [2.75, 3.05) is 26.2 Å². The number of hydrogen-bond donors (Lipinski definition) is 0. The lowest BCUT2D eigenvalue weighted by Gasteiger charge is -2.41. The minimum absolute atomic E-state index is 0.133. The third kappa shape index (κ3) is 4.63. The molecule has 0 saturated heterocycles. The summed E-state index contributed by atoms with van der Waals surface area (Å²) in [6, 6.07) is 26.5. The highest BCUT2D eigenvalue weighted by Crippen LogP contribution is 2.63. The fraction of sp³-hybridized carbons (Fsp3) is 0.132. The Morgan fingerprint density at radius 1 is 0.702 bits per heavy atom. The first-order chi connectivity index (χ1) is 22.7. The zero-order chi connectivity index (χ0) is 33.0. The summed E-state index contributed by atoms with van der Waals surface area (Å²) >= 11 is 7.36. The Balaban J connectivity index is 1.53. The number of carbonyl (C=O) groups excluding carboxylic acids is 3. The van der Waals surface area contributed by atoms with Crippen LogP contribution < -0.4 is 4.90 Å². The van der Waals surface area contributed by atoms with Gasteiger partial charge < -0.3 is 19.1 Å². The molecule has 1 spiro atoms. The van der Waals surface area contributed by atoms with E-state index in [1.54, 1.807) is 12.1 Å². The molecule has 0 aromatic heterocycles. The van der Waals surface area contributed by atoms with Crippen LogP contribution in [0.1, 0.15) is 32.6 Å². The lowest BCUT2D eigenvalue weighted by Crippen LogP contribution is -2.46. The van der Waals surface area contributed by atoms with Crippen LogP contribution in [-0.4, -0.2) is 45.3 Å². The third-order valence-corrected chi connectivity index (χ3v) is 10.1. The first kappa shape index (κ1) is 30.9. The molecule has 7 rings (SSSR count). The highest BCUT2D eigenvalue weighted by molar-refractivity contribution is 9.10. The molecule has 0 amide bonds. The number of ether oxygens (including phenoxy) is 3. The normalized spacial score (nSPS) is 16.7. The zero-order valence-electron chi connectivity index (χ0n) is 25.5. The van der Waals surface area contributed by atoms with E-state index in [2.05, 4.69) is 37.9 Å². The molecule has 47 heavy (non-hydrogen) atoms. The van der Waals surface area contributed by atoms with E-state index in [0.717, 1.165) is 53.6 Å². The molecule has 0 fully saturated rings. The molecule has 9 heteroatoms. The van der Waals surface area contributed by atoms with Gasteiger partial charge in [-0.05, 0) is 75.9 Å². The molecule has 3 aliphatic rings.